The Bertz CT molecular complexity index is 669. The maximum Gasteiger partial charge on any atom is 0.407 e. The molecule has 24 heavy (non-hydrogen) atoms. The van der Waals surface area contributed by atoms with Crippen molar-refractivity contribution in [2.75, 3.05) is 6.54 Å². The summed E-state index contributed by atoms with van der Waals surface area (Å²) in [6.07, 6.45) is 2.97. The number of carboxylic acids is 1. The number of nitrogens with zero attached hydrogens (tertiary/aromatic N) is 2. The van der Waals surface area contributed by atoms with Crippen LogP contribution in [-0.4, -0.2) is 33.3 Å². The zero-order valence-electron chi connectivity index (χ0n) is 13.5. The quantitative estimate of drug-likeness (QED) is 0.772. The van der Waals surface area contributed by atoms with Crippen LogP contribution in [0, 0.1) is 5.92 Å². The molecular formula is C17H21N3O4. The van der Waals surface area contributed by atoms with Crippen molar-refractivity contribution in [3.8, 4) is 0 Å². The summed E-state index contributed by atoms with van der Waals surface area (Å²) < 4.78 is 6.96. The first-order valence-corrected chi connectivity index (χ1v) is 7.76. The van der Waals surface area contributed by atoms with Crippen molar-refractivity contribution in [1.29, 1.82) is 0 Å². The molecule has 1 heterocycles. The average Bonchev–Trinajstić information content (AvgIpc) is 3.04. The molecule has 1 aromatic carbocycles. The third kappa shape index (κ3) is 5.12. The van der Waals surface area contributed by atoms with Gasteiger partial charge in [0.25, 0.3) is 0 Å². The predicted molar refractivity (Wildman–Crippen MR) is 87.4 cm³/mol. The topological polar surface area (TPSA) is 93.5 Å². The number of carbonyl (C=O) groups excluding carboxylic acids is 1. The lowest BCUT2D eigenvalue weighted by atomic mass is 10.0. The number of imidazole rings is 1. The fourth-order valence-corrected chi connectivity index (χ4v) is 2.28. The number of nitrogens with one attached hydrogen (secondary N) is 1. The van der Waals surface area contributed by atoms with Gasteiger partial charge in [-0.3, -0.25) is 4.79 Å². The van der Waals surface area contributed by atoms with Crippen molar-refractivity contribution in [1.82, 2.24) is 14.9 Å². The summed E-state index contributed by atoms with van der Waals surface area (Å²) in [6, 6.07) is 9.28. The van der Waals surface area contributed by atoms with Crippen molar-refractivity contribution >= 4 is 12.1 Å². The molecule has 1 aromatic heterocycles. The van der Waals surface area contributed by atoms with E-state index in [4.69, 9.17) is 4.74 Å². The number of hydrogen-bond acceptors (Lipinski definition) is 4. The fraction of sp³-hybridized carbons (Fsp3) is 0.353. The van der Waals surface area contributed by atoms with Crippen LogP contribution in [0.2, 0.25) is 0 Å². The Kier molecular flexibility index (Phi) is 6.36. The molecule has 2 N–H and O–H groups in total. The first-order valence-electron chi connectivity index (χ1n) is 7.76. The maximum atomic E-state index is 11.7. The number of aromatic nitrogens is 2. The van der Waals surface area contributed by atoms with Gasteiger partial charge in [-0.15, -0.1) is 0 Å². The van der Waals surface area contributed by atoms with Gasteiger partial charge in [-0.05, 0) is 12.5 Å². The lowest BCUT2D eigenvalue weighted by Crippen LogP contribution is -2.34. The van der Waals surface area contributed by atoms with Gasteiger partial charge >= 0.3 is 12.1 Å². The maximum absolute atomic E-state index is 11.7. The number of carbonyl (C=O) groups is 2. The van der Waals surface area contributed by atoms with Crippen LogP contribution >= 0.6 is 0 Å². The summed E-state index contributed by atoms with van der Waals surface area (Å²) in [5, 5.41) is 11.8. The molecule has 0 aliphatic carbocycles. The van der Waals surface area contributed by atoms with Gasteiger partial charge in [-0.25, -0.2) is 9.78 Å². The third-order valence-corrected chi connectivity index (χ3v) is 3.65. The smallest absolute Gasteiger partial charge is 0.407 e. The molecule has 2 rings (SSSR count). The van der Waals surface area contributed by atoms with E-state index in [2.05, 4.69) is 10.3 Å². The molecule has 128 valence electrons. The van der Waals surface area contributed by atoms with Crippen LogP contribution in [0.5, 0.6) is 0 Å². The minimum absolute atomic E-state index is 0.00213. The van der Waals surface area contributed by atoms with Crippen molar-refractivity contribution in [2.45, 2.75) is 26.5 Å². The lowest BCUT2D eigenvalue weighted by molar-refractivity contribution is -0.141. The molecule has 1 atom stereocenters. The summed E-state index contributed by atoms with van der Waals surface area (Å²) in [6.45, 7) is 2.82. The number of benzene rings is 1. The monoisotopic (exact) mass is 331 g/mol. The predicted octanol–water partition coefficient (Wildman–Crippen LogP) is 2.07. The SMILES string of the molecule is CCn1cncc1CC(CNC(=O)OCc1ccccc1)C(=O)O. The van der Waals surface area contributed by atoms with Gasteiger partial charge in [-0.1, -0.05) is 30.3 Å². The molecule has 1 amide bonds. The molecule has 0 fully saturated rings. The Hall–Kier alpha value is -2.83. The van der Waals surface area contributed by atoms with Gasteiger partial charge in [0.05, 0.1) is 12.2 Å². The average molecular weight is 331 g/mol. The Morgan fingerprint density at radius 2 is 2.08 bits per heavy atom. The number of rotatable bonds is 8. The van der Waals surface area contributed by atoms with Gasteiger partial charge in [-0.2, -0.15) is 0 Å². The second-order valence-corrected chi connectivity index (χ2v) is 5.35. The van der Waals surface area contributed by atoms with E-state index in [1.165, 1.54) is 0 Å². The van der Waals surface area contributed by atoms with Gasteiger partial charge in [0.1, 0.15) is 6.61 Å². The Morgan fingerprint density at radius 1 is 1.33 bits per heavy atom. The van der Waals surface area contributed by atoms with Crippen molar-refractivity contribution in [2.24, 2.45) is 5.92 Å². The Labute approximate surface area is 140 Å². The van der Waals surface area contributed by atoms with Gasteiger partial charge < -0.3 is 19.7 Å². The van der Waals surface area contributed by atoms with E-state index < -0.39 is 18.0 Å². The van der Waals surface area contributed by atoms with Gasteiger partial charge in [0.2, 0.25) is 0 Å². The van der Waals surface area contributed by atoms with E-state index in [0.717, 1.165) is 11.3 Å². The first kappa shape index (κ1) is 17.5. The van der Waals surface area contributed by atoms with Crippen LogP contribution in [0.3, 0.4) is 0 Å². The second kappa shape index (κ2) is 8.71. The van der Waals surface area contributed by atoms with Crippen LogP contribution in [0.15, 0.2) is 42.9 Å². The molecule has 7 heteroatoms. The van der Waals surface area contributed by atoms with E-state index in [0.29, 0.717) is 13.0 Å². The highest BCUT2D eigenvalue weighted by molar-refractivity contribution is 5.72. The van der Waals surface area contributed by atoms with Crippen LogP contribution in [0.25, 0.3) is 0 Å². The highest BCUT2D eigenvalue weighted by atomic mass is 16.5. The first-order chi connectivity index (χ1) is 11.6. The number of carboxylic acid groups (broad SMARTS) is 1. The van der Waals surface area contributed by atoms with Gasteiger partial charge in [0.15, 0.2) is 0 Å². The Balaban J connectivity index is 1.82. The molecule has 7 nitrogen and oxygen atoms in total. The molecule has 0 radical (unpaired) electrons. The molecule has 0 spiro atoms. The van der Waals surface area contributed by atoms with Crippen molar-refractivity contribution in [3.63, 3.8) is 0 Å². The number of aryl methyl sites for hydroxylation is 1. The molecule has 0 saturated heterocycles. The van der Waals surface area contributed by atoms with E-state index in [-0.39, 0.29) is 13.2 Å². The van der Waals surface area contributed by atoms with E-state index in [1.807, 2.05) is 41.8 Å². The molecule has 0 bridgehead atoms. The number of amides is 1. The van der Waals surface area contributed by atoms with Crippen LogP contribution in [-0.2, 0) is 29.1 Å². The highest BCUT2D eigenvalue weighted by Gasteiger charge is 2.21. The zero-order chi connectivity index (χ0) is 17.4. The normalized spacial score (nSPS) is 11.7. The lowest BCUT2D eigenvalue weighted by Gasteiger charge is -2.14. The van der Waals surface area contributed by atoms with E-state index in [9.17, 15) is 14.7 Å². The number of hydrogen-bond donors (Lipinski definition) is 2. The number of ether oxygens (including phenoxy) is 1. The highest BCUT2D eigenvalue weighted by Crippen LogP contribution is 2.09. The zero-order valence-corrected chi connectivity index (χ0v) is 13.5. The molecular weight excluding hydrogens is 310 g/mol. The summed E-state index contributed by atoms with van der Waals surface area (Å²) in [5.74, 6) is -1.71. The fourth-order valence-electron chi connectivity index (χ4n) is 2.28. The second-order valence-electron chi connectivity index (χ2n) is 5.35. The standard InChI is InChI=1S/C17H21N3O4/c1-2-20-12-18-10-15(20)8-14(16(21)22)9-19-17(23)24-11-13-6-4-3-5-7-13/h3-7,10,12,14H,2,8-9,11H2,1H3,(H,19,23)(H,21,22). The molecule has 1 unspecified atom stereocenters. The van der Waals surface area contributed by atoms with Gasteiger partial charge in [0, 0.05) is 31.4 Å². The summed E-state index contributed by atoms with van der Waals surface area (Å²) >= 11 is 0. The molecule has 0 aliphatic rings. The van der Waals surface area contributed by atoms with Crippen molar-refractivity contribution < 1.29 is 19.4 Å². The van der Waals surface area contributed by atoms with Crippen LogP contribution in [0.1, 0.15) is 18.2 Å². The van der Waals surface area contributed by atoms with Crippen molar-refractivity contribution in [3.05, 3.63) is 54.1 Å². The largest absolute Gasteiger partial charge is 0.481 e. The summed E-state index contributed by atoms with van der Waals surface area (Å²) in [5.41, 5.74) is 1.69. The number of alkyl carbamates (subject to hydrolysis) is 1. The third-order valence-electron chi connectivity index (χ3n) is 3.65. The summed E-state index contributed by atoms with van der Waals surface area (Å²) in [4.78, 5) is 27.1. The molecule has 0 saturated carbocycles. The van der Waals surface area contributed by atoms with Crippen LogP contribution < -0.4 is 5.32 Å². The van der Waals surface area contributed by atoms with E-state index >= 15 is 0 Å². The van der Waals surface area contributed by atoms with E-state index in [1.54, 1.807) is 12.5 Å². The molecule has 2 aromatic rings. The minimum Gasteiger partial charge on any atom is -0.481 e. The molecule has 0 aliphatic heterocycles. The summed E-state index contributed by atoms with van der Waals surface area (Å²) in [7, 11) is 0. The Morgan fingerprint density at radius 3 is 2.75 bits per heavy atom. The van der Waals surface area contributed by atoms with Crippen LogP contribution in [0.4, 0.5) is 4.79 Å². The number of aliphatic carboxylic acids is 1. The minimum atomic E-state index is -0.970.